The number of hydrogen-bond acceptors (Lipinski definition) is 5. The molecule has 0 saturated heterocycles. The molecule has 3 rings (SSSR count). The molecule has 0 aliphatic heterocycles. The fourth-order valence-corrected chi connectivity index (χ4v) is 2.64. The van der Waals surface area contributed by atoms with E-state index in [0.717, 1.165) is 11.6 Å². The highest BCUT2D eigenvalue weighted by Crippen LogP contribution is 2.18. The van der Waals surface area contributed by atoms with E-state index in [9.17, 15) is 14.4 Å². The quantitative estimate of drug-likeness (QED) is 0.687. The summed E-state index contributed by atoms with van der Waals surface area (Å²) in [7, 11) is 0. The highest BCUT2D eigenvalue weighted by atomic mass is 35.5. The van der Waals surface area contributed by atoms with E-state index in [1.807, 2.05) is 13.0 Å². The average Bonchev–Trinajstić information content (AvgIpc) is 2.62. The summed E-state index contributed by atoms with van der Waals surface area (Å²) in [6.07, 6.45) is -1.08. The van der Waals surface area contributed by atoms with Gasteiger partial charge in [0.1, 0.15) is 5.58 Å². The van der Waals surface area contributed by atoms with Crippen LogP contribution in [-0.2, 0) is 9.53 Å². The lowest BCUT2D eigenvalue weighted by Crippen LogP contribution is -2.30. The van der Waals surface area contributed by atoms with Gasteiger partial charge in [-0.15, -0.1) is 0 Å². The second kappa shape index (κ2) is 7.63. The largest absolute Gasteiger partial charge is 0.449 e. The number of ether oxygens (including phenoxy) is 1. The smallest absolute Gasteiger partial charge is 0.375 e. The zero-order valence-electron chi connectivity index (χ0n) is 14.6. The third-order valence-corrected chi connectivity index (χ3v) is 4.06. The van der Waals surface area contributed by atoms with E-state index in [-0.39, 0.29) is 16.7 Å². The second-order valence-corrected chi connectivity index (χ2v) is 6.46. The van der Waals surface area contributed by atoms with Gasteiger partial charge in [0.2, 0.25) is 5.76 Å². The van der Waals surface area contributed by atoms with Gasteiger partial charge in [0.25, 0.3) is 5.91 Å². The lowest BCUT2D eigenvalue weighted by atomic mass is 10.2. The normalized spacial score (nSPS) is 11.8. The molecule has 1 N–H and O–H groups in total. The molecule has 0 unspecified atom stereocenters. The predicted octanol–water partition coefficient (Wildman–Crippen LogP) is 3.94. The summed E-state index contributed by atoms with van der Waals surface area (Å²) in [5.74, 6) is -1.69. The van der Waals surface area contributed by atoms with Crippen LogP contribution in [0.3, 0.4) is 0 Å². The molecular formula is C20H16ClNO5. The number of hydrogen-bond donors (Lipinski definition) is 1. The number of benzene rings is 2. The van der Waals surface area contributed by atoms with Crippen LogP contribution < -0.4 is 10.7 Å². The first-order valence-electron chi connectivity index (χ1n) is 8.15. The van der Waals surface area contributed by atoms with Crippen molar-refractivity contribution in [3.8, 4) is 0 Å². The molecule has 0 aliphatic carbocycles. The first kappa shape index (κ1) is 18.7. The van der Waals surface area contributed by atoms with Crippen molar-refractivity contribution in [2.45, 2.75) is 20.0 Å². The van der Waals surface area contributed by atoms with Crippen LogP contribution in [0.5, 0.6) is 0 Å². The number of aryl methyl sites for hydroxylation is 1. The first-order chi connectivity index (χ1) is 12.8. The van der Waals surface area contributed by atoms with Gasteiger partial charge in [-0.05, 0) is 49.7 Å². The summed E-state index contributed by atoms with van der Waals surface area (Å²) >= 11 is 5.86. The van der Waals surface area contributed by atoms with Gasteiger partial charge >= 0.3 is 5.97 Å². The van der Waals surface area contributed by atoms with E-state index in [0.29, 0.717) is 10.7 Å². The van der Waals surface area contributed by atoms with Crippen molar-refractivity contribution in [2.75, 3.05) is 5.32 Å². The van der Waals surface area contributed by atoms with Crippen molar-refractivity contribution in [3.05, 3.63) is 75.1 Å². The highest BCUT2D eigenvalue weighted by molar-refractivity contribution is 6.31. The van der Waals surface area contributed by atoms with E-state index in [1.54, 1.807) is 24.3 Å². The topological polar surface area (TPSA) is 85.6 Å². The van der Waals surface area contributed by atoms with E-state index < -0.39 is 23.4 Å². The van der Waals surface area contributed by atoms with Gasteiger partial charge in [-0.25, -0.2) is 4.79 Å². The maximum atomic E-state index is 12.3. The summed E-state index contributed by atoms with van der Waals surface area (Å²) < 4.78 is 10.5. The minimum Gasteiger partial charge on any atom is -0.449 e. The second-order valence-electron chi connectivity index (χ2n) is 6.02. The molecule has 1 atom stereocenters. The molecule has 138 valence electrons. The summed E-state index contributed by atoms with van der Waals surface area (Å²) in [6.45, 7) is 3.33. The van der Waals surface area contributed by atoms with E-state index in [1.165, 1.54) is 19.1 Å². The molecule has 7 heteroatoms. The maximum absolute atomic E-state index is 12.3. The molecule has 0 saturated carbocycles. The predicted molar refractivity (Wildman–Crippen MR) is 102 cm³/mol. The van der Waals surface area contributed by atoms with Gasteiger partial charge in [0.05, 0.1) is 5.39 Å². The Balaban J connectivity index is 1.74. The number of amides is 1. The Kier molecular flexibility index (Phi) is 5.28. The van der Waals surface area contributed by atoms with Crippen LogP contribution in [0.4, 0.5) is 5.69 Å². The molecule has 0 fully saturated rings. The third-order valence-electron chi connectivity index (χ3n) is 3.83. The standard InChI is InChI=1S/C20H16ClNO5/c1-11-4-3-5-14(8-11)22-19(24)12(2)26-20(25)18-10-16(23)15-9-13(21)6-7-17(15)27-18/h3-10,12H,1-2H3,(H,22,24)/t12-/m1/s1. The number of rotatable bonds is 4. The third kappa shape index (κ3) is 4.35. The van der Waals surface area contributed by atoms with Crippen molar-refractivity contribution in [3.63, 3.8) is 0 Å². The van der Waals surface area contributed by atoms with Crippen molar-refractivity contribution in [2.24, 2.45) is 0 Å². The molecule has 1 heterocycles. The Morgan fingerprint density at radius 2 is 1.93 bits per heavy atom. The molecular weight excluding hydrogens is 370 g/mol. The number of anilines is 1. The molecule has 2 aromatic carbocycles. The van der Waals surface area contributed by atoms with Crippen molar-refractivity contribution >= 4 is 40.1 Å². The lowest BCUT2D eigenvalue weighted by Gasteiger charge is -2.13. The Labute approximate surface area is 159 Å². The number of halogens is 1. The number of carbonyl (C=O) groups excluding carboxylic acids is 2. The van der Waals surface area contributed by atoms with E-state index in [2.05, 4.69) is 5.32 Å². The molecule has 0 bridgehead atoms. The van der Waals surface area contributed by atoms with Crippen LogP contribution >= 0.6 is 11.6 Å². The molecule has 1 aromatic heterocycles. The van der Waals surface area contributed by atoms with Gasteiger partial charge in [0.15, 0.2) is 11.5 Å². The maximum Gasteiger partial charge on any atom is 0.375 e. The molecule has 27 heavy (non-hydrogen) atoms. The van der Waals surface area contributed by atoms with Gasteiger partial charge in [-0.2, -0.15) is 0 Å². The number of nitrogens with one attached hydrogen (secondary N) is 1. The Morgan fingerprint density at radius 1 is 1.15 bits per heavy atom. The van der Waals surface area contributed by atoms with Crippen LogP contribution in [0.25, 0.3) is 11.0 Å². The molecule has 0 spiro atoms. The molecule has 6 nitrogen and oxygen atoms in total. The fourth-order valence-electron chi connectivity index (χ4n) is 2.47. The van der Waals surface area contributed by atoms with Crippen molar-refractivity contribution < 1.29 is 18.7 Å². The summed E-state index contributed by atoms with van der Waals surface area (Å²) in [5, 5.41) is 3.30. The molecule has 1 amide bonds. The number of carbonyl (C=O) groups is 2. The zero-order valence-corrected chi connectivity index (χ0v) is 15.4. The molecule has 0 aliphatic rings. The molecule has 3 aromatic rings. The van der Waals surface area contributed by atoms with E-state index >= 15 is 0 Å². The van der Waals surface area contributed by atoms with Crippen molar-refractivity contribution in [1.82, 2.24) is 0 Å². The van der Waals surface area contributed by atoms with Crippen LogP contribution in [0.2, 0.25) is 5.02 Å². The summed E-state index contributed by atoms with van der Waals surface area (Å²) in [5.41, 5.74) is 1.35. The molecule has 0 radical (unpaired) electrons. The lowest BCUT2D eigenvalue weighted by molar-refractivity contribution is -0.123. The minimum atomic E-state index is -1.08. The highest BCUT2D eigenvalue weighted by Gasteiger charge is 2.21. The summed E-state index contributed by atoms with van der Waals surface area (Å²) in [6, 6.07) is 12.7. The summed E-state index contributed by atoms with van der Waals surface area (Å²) in [4.78, 5) is 36.6. The van der Waals surface area contributed by atoms with Gasteiger partial charge in [-0.3, -0.25) is 9.59 Å². The van der Waals surface area contributed by atoms with Crippen LogP contribution in [0, 0.1) is 6.92 Å². The Bertz CT molecular complexity index is 1090. The first-order valence-corrected chi connectivity index (χ1v) is 8.53. The van der Waals surface area contributed by atoms with Gasteiger partial charge < -0.3 is 14.5 Å². The average molecular weight is 386 g/mol. The number of esters is 1. The van der Waals surface area contributed by atoms with Crippen molar-refractivity contribution in [1.29, 1.82) is 0 Å². The SMILES string of the molecule is Cc1cccc(NC(=O)[C@@H](C)OC(=O)c2cc(=O)c3cc(Cl)ccc3o2)c1. The Hall–Kier alpha value is -3.12. The Morgan fingerprint density at radius 3 is 2.67 bits per heavy atom. The number of fused-ring (bicyclic) bond motifs is 1. The minimum absolute atomic E-state index is 0.204. The van der Waals surface area contributed by atoms with Crippen LogP contribution in [-0.4, -0.2) is 18.0 Å². The van der Waals surface area contributed by atoms with E-state index in [4.69, 9.17) is 20.8 Å². The van der Waals surface area contributed by atoms with Crippen LogP contribution in [0.15, 0.2) is 57.7 Å². The van der Waals surface area contributed by atoms with Gasteiger partial charge in [-0.1, -0.05) is 23.7 Å². The zero-order chi connectivity index (χ0) is 19.6. The van der Waals surface area contributed by atoms with Gasteiger partial charge in [0, 0.05) is 16.8 Å². The van der Waals surface area contributed by atoms with Crippen LogP contribution in [0.1, 0.15) is 23.0 Å². The monoisotopic (exact) mass is 385 g/mol. The fraction of sp³-hybridized carbons (Fsp3) is 0.150.